The third-order valence-electron chi connectivity index (χ3n) is 1.10. The van der Waals surface area contributed by atoms with Crippen molar-refractivity contribution in [2.24, 2.45) is 0 Å². The van der Waals surface area contributed by atoms with Gasteiger partial charge in [-0.1, -0.05) is 19.7 Å². The van der Waals surface area contributed by atoms with Gasteiger partial charge in [-0.05, 0) is 20.8 Å². The summed E-state index contributed by atoms with van der Waals surface area (Å²) in [5.74, 6) is -2.81. The predicted molar refractivity (Wildman–Crippen MR) is 67.3 cm³/mol. The molecule has 0 spiro atoms. The highest BCUT2D eigenvalue weighted by Crippen LogP contribution is 1.82. The largest absolute Gasteiger partial charge is 0.478 e. The lowest BCUT2D eigenvalue weighted by molar-refractivity contribution is -0.133. The van der Waals surface area contributed by atoms with Crippen molar-refractivity contribution in [3.8, 4) is 0 Å². The van der Waals surface area contributed by atoms with Crippen LogP contribution in [0.5, 0.6) is 0 Å². The minimum Gasteiger partial charge on any atom is -0.478 e. The molecule has 0 aromatic rings. The lowest BCUT2D eigenvalue weighted by Gasteiger charge is -1.79. The molecule has 0 saturated carbocycles. The number of hydrogen-bond donors (Lipinski definition) is 3. The second-order valence-corrected chi connectivity index (χ2v) is 3.26. The van der Waals surface area contributed by atoms with Gasteiger partial charge in [0.05, 0.1) is 0 Å². The summed E-state index contributed by atoms with van der Waals surface area (Å²) in [5, 5.41) is 23.7. The summed E-state index contributed by atoms with van der Waals surface area (Å²) in [6.45, 7) is 13.8. The van der Waals surface area contributed by atoms with Gasteiger partial charge in [-0.2, -0.15) is 0 Å². The van der Waals surface area contributed by atoms with Gasteiger partial charge < -0.3 is 15.3 Å². The number of carbonyl (C=O) groups is 3. The first-order valence-electron chi connectivity index (χ1n) is 4.59. The highest BCUT2D eigenvalue weighted by Gasteiger charge is 1.91. The Bertz CT molecular complexity index is 272. The van der Waals surface area contributed by atoms with Crippen LogP contribution in [0, 0.1) is 0 Å². The summed E-state index contributed by atoms with van der Waals surface area (Å²) in [5.41, 5.74) is 0.528. The van der Waals surface area contributed by atoms with Crippen molar-refractivity contribution in [2.45, 2.75) is 20.8 Å². The number of aliphatic carboxylic acids is 3. The first kappa shape index (κ1) is 21.0. The van der Waals surface area contributed by atoms with E-state index in [9.17, 15) is 14.4 Å². The number of carboxylic acid groups (broad SMARTS) is 3. The quantitative estimate of drug-likeness (QED) is 0.667. The second kappa shape index (κ2) is 11.1. The van der Waals surface area contributed by atoms with E-state index in [2.05, 4.69) is 19.7 Å². The maximum atomic E-state index is 9.60. The van der Waals surface area contributed by atoms with Crippen LogP contribution in [0.4, 0.5) is 0 Å². The van der Waals surface area contributed by atoms with E-state index in [1.165, 1.54) is 20.8 Å². The molecular formula is C12H18O6. The van der Waals surface area contributed by atoms with E-state index >= 15 is 0 Å². The molecule has 6 heteroatoms. The fraction of sp³-hybridized carbons (Fsp3) is 0.250. The molecule has 0 aromatic heterocycles. The van der Waals surface area contributed by atoms with E-state index in [0.717, 1.165) is 0 Å². The minimum absolute atomic E-state index is 0.176. The third kappa shape index (κ3) is 23.4. The van der Waals surface area contributed by atoms with Gasteiger partial charge in [0, 0.05) is 16.7 Å². The average Bonchev–Trinajstić information content (AvgIpc) is 2.18. The molecule has 0 aliphatic rings. The number of rotatable bonds is 3. The van der Waals surface area contributed by atoms with Crippen molar-refractivity contribution < 1.29 is 29.7 Å². The zero-order chi connectivity index (χ0) is 15.5. The molecule has 0 aliphatic carbocycles. The third-order valence-corrected chi connectivity index (χ3v) is 1.10. The van der Waals surface area contributed by atoms with Crippen molar-refractivity contribution in [1.82, 2.24) is 0 Å². The standard InChI is InChI=1S/3C4H6O2/c3*1-3(2)4(5)6/h3*1H2,2H3,(H,5,6). The van der Waals surface area contributed by atoms with E-state index in [0.29, 0.717) is 0 Å². The van der Waals surface area contributed by atoms with E-state index in [1.807, 2.05) is 0 Å². The van der Waals surface area contributed by atoms with Crippen LogP contribution in [0.3, 0.4) is 0 Å². The molecule has 6 nitrogen and oxygen atoms in total. The number of hydrogen-bond acceptors (Lipinski definition) is 3. The average molecular weight is 258 g/mol. The first-order chi connectivity index (χ1) is 7.93. The second-order valence-electron chi connectivity index (χ2n) is 3.26. The highest BCUT2D eigenvalue weighted by molar-refractivity contribution is 5.85. The lowest BCUT2D eigenvalue weighted by atomic mass is 10.4. The van der Waals surface area contributed by atoms with Gasteiger partial charge in [-0.15, -0.1) is 0 Å². The topological polar surface area (TPSA) is 112 Å². The normalized spacial score (nSPS) is 7.50. The van der Waals surface area contributed by atoms with Gasteiger partial charge in [0.25, 0.3) is 0 Å². The Morgan fingerprint density at radius 2 is 0.667 bits per heavy atom. The summed E-state index contributed by atoms with van der Waals surface area (Å²) in [7, 11) is 0. The Labute approximate surface area is 106 Å². The van der Waals surface area contributed by atoms with E-state index in [-0.39, 0.29) is 16.7 Å². The predicted octanol–water partition coefficient (Wildman–Crippen LogP) is 1.94. The van der Waals surface area contributed by atoms with Gasteiger partial charge >= 0.3 is 17.9 Å². The molecular weight excluding hydrogens is 240 g/mol. The maximum absolute atomic E-state index is 9.60. The molecule has 0 heterocycles. The summed E-state index contributed by atoms with van der Waals surface area (Å²) < 4.78 is 0. The molecule has 0 amide bonds. The van der Waals surface area contributed by atoms with Crippen LogP contribution >= 0.6 is 0 Å². The van der Waals surface area contributed by atoms with Crippen LogP contribution in [-0.2, 0) is 14.4 Å². The van der Waals surface area contributed by atoms with E-state index in [4.69, 9.17) is 15.3 Å². The highest BCUT2D eigenvalue weighted by atomic mass is 16.4. The van der Waals surface area contributed by atoms with Crippen molar-refractivity contribution in [2.75, 3.05) is 0 Å². The zero-order valence-corrected chi connectivity index (χ0v) is 10.7. The molecule has 102 valence electrons. The van der Waals surface area contributed by atoms with Crippen LogP contribution in [0.15, 0.2) is 36.5 Å². The van der Waals surface area contributed by atoms with Gasteiger partial charge in [0.2, 0.25) is 0 Å². The molecule has 0 aliphatic heterocycles. The van der Waals surface area contributed by atoms with Gasteiger partial charge in [-0.25, -0.2) is 14.4 Å². The Kier molecular flexibility index (Phi) is 13.0. The van der Waals surface area contributed by atoms with Crippen LogP contribution in [0.1, 0.15) is 20.8 Å². The molecule has 0 atom stereocenters. The minimum atomic E-state index is -0.935. The van der Waals surface area contributed by atoms with E-state index < -0.39 is 17.9 Å². The Morgan fingerprint density at radius 1 is 0.611 bits per heavy atom. The molecule has 18 heavy (non-hydrogen) atoms. The monoisotopic (exact) mass is 258 g/mol. The molecule has 0 saturated heterocycles. The summed E-state index contributed by atoms with van der Waals surface area (Å²) >= 11 is 0. The molecule has 0 unspecified atom stereocenters. The molecule has 0 rings (SSSR count). The van der Waals surface area contributed by atoms with Crippen molar-refractivity contribution >= 4 is 17.9 Å². The smallest absolute Gasteiger partial charge is 0.330 e. The SMILES string of the molecule is C=C(C)C(=O)O.C=C(C)C(=O)O.C=C(C)C(=O)O. The van der Waals surface area contributed by atoms with Crippen molar-refractivity contribution in [3.63, 3.8) is 0 Å². The van der Waals surface area contributed by atoms with Crippen LogP contribution < -0.4 is 0 Å². The van der Waals surface area contributed by atoms with Gasteiger partial charge in [0.1, 0.15) is 0 Å². The van der Waals surface area contributed by atoms with Crippen molar-refractivity contribution in [3.05, 3.63) is 36.5 Å². The van der Waals surface area contributed by atoms with Crippen LogP contribution in [0.25, 0.3) is 0 Å². The Morgan fingerprint density at radius 3 is 0.667 bits per heavy atom. The first-order valence-corrected chi connectivity index (χ1v) is 4.59. The Hall–Kier alpha value is -2.37. The summed E-state index contributed by atoms with van der Waals surface area (Å²) in [4.78, 5) is 28.8. The maximum Gasteiger partial charge on any atom is 0.330 e. The summed E-state index contributed by atoms with van der Waals surface area (Å²) in [6.07, 6.45) is 0. The van der Waals surface area contributed by atoms with E-state index in [1.54, 1.807) is 0 Å². The zero-order valence-electron chi connectivity index (χ0n) is 10.7. The lowest BCUT2D eigenvalue weighted by Crippen LogP contribution is -1.92. The summed E-state index contributed by atoms with van der Waals surface area (Å²) in [6, 6.07) is 0. The Balaban J connectivity index is -0.000000187. The van der Waals surface area contributed by atoms with Crippen molar-refractivity contribution in [1.29, 1.82) is 0 Å². The molecule has 3 N–H and O–H groups in total. The van der Waals surface area contributed by atoms with Gasteiger partial charge in [-0.3, -0.25) is 0 Å². The molecule has 0 bridgehead atoms. The molecule has 0 radical (unpaired) electrons. The van der Waals surface area contributed by atoms with Gasteiger partial charge in [0.15, 0.2) is 0 Å². The molecule has 0 aromatic carbocycles. The fourth-order valence-electron chi connectivity index (χ4n) is 0. The fourth-order valence-corrected chi connectivity index (χ4v) is 0. The van der Waals surface area contributed by atoms with Crippen LogP contribution in [0.2, 0.25) is 0 Å². The van der Waals surface area contributed by atoms with Crippen LogP contribution in [-0.4, -0.2) is 33.2 Å². The molecule has 0 fully saturated rings. The number of carboxylic acids is 3.